The van der Waals surface area contributed by atoms with Gasteiger partial charge in [0.1, 0.15) is 6.54 Å². The first-order chi connectivity index (χ1) is 11.9. The topological polar surface area (TPSA) is 60.1 Å². The number of nitrogens with zero attached hydrogens (tertiary/aromatic N) is 2. The van der Waals surface area contributed by atoms with Crippen molar-refractivity contribution in [3.8, 4) is 11.5 Å². The second-order valence-electron chi connectivity index (χ2n) is 6.06. The van der Waals surface area contributed by atoms with E-state index in [1.807, 2.05) is 63.2 Å². The molecule has 1 aromatic heterocycles. The summed E-state index contributed by atoms with van der Waals surface area (Å²) in [6.07, 6.45) is 0. The van der Waals surface area contributed by atoms with E-state index in [2.05, 4.69) is 10.4 Å². The van der Waals surface area contributed by atoms with Gasteiger partial charge in [-0.25, -0.2) is 4.68 Å². The Kier molecular flexibility index (Phi) is 4.81. The fourth-order valence-corrected chi connectivity index (χ4v) is 2.60. The Morgan fingerprint density at radius 3 is 2.52 bits per heavy atom. The predicted octanol–water partition coefficient (Wildman–Crippen LogP) is 4.44. The zero-order chi connectivity index (χ0) is 18.0. The van der Waals surface area contributed by atoms with Crippen LogP contribution < -0.4 is 5.32 Å². The van der Waals surface area contributed by atoms with E-state index < -0.39 is 0 Å². The lowest BCUT2D eigenvalue weighted by atomic mass is 10.1. The third kappa shape index (κ3) is 4.03. The molecular formula is C19H19N3O2S. The Morgan fingerprint density at radius 1 is 1.12 bits per heavy atom. The monoisotopic (exact) mass is 353 g/mol. The first-order valence-electron chi connectivity index (χ1n) is 7.94. The van der Waals surface area contributed by atoms with E-state index in [1.54, 1.807) is 0 Å². The van der Waals surface area contributed by atoms with Crippen LogP contribution in [0.2, 0.25) is 0 Å². The van der Waals surface area contributed by atoms with Crippen LogP contribution >= 0.6 is 12.2 Å². The Bertz CT molecular complexity index is 971. The minimum atomic E-state index is -0.200. The SMILES string of the molecule is Cc1ccc(-c2nn(CC(=O)Nc3cc(C)ccc3C)c(=S)o2)cc1. The highest BCUT2D eigenvalue weighted by Gasteiger charge is 2.12. The van der Waals surface area contributed by atoms with Crippen LogP contribution in [-0.4, -0.2) is 15.7 Å². The number of aryl methyl sites for hydroxylation is 3. The van der Waals surface area contributed by atoms with Crippen molar-refractivity contribution in [1.82, 2.24) is 9.78 Å². The Balaban J connectivity index is 1.77. The number of rotatable bonds is 4. The maximum atomic E-state index is 12.3. The van der Waals surface area contributed by atoms with Gasteiger partial charge in [-0.15, -0.1) is 5.10 Å². The minimum Gasteiger partial charge on any atom is -0.409 e. The largest absolute Gasteiger partial charge is 0.409 e. The summed E-state index contributed by atoms with van der Waals surface area (Å²) in [4.78, 5) is 12.5. The molecular weight excluding hydrogens is 334 g/mol. The van der Waals surface area contributed by atoms with Gasteiger partial charge >= 0.3 is 0 Å². The molecule has 0 unspecified atom stereocenters. The van der Waals surface area contributed by atoms with Crippen LogP contribution in [0.3, 0.4) is 0 Å². The van der Waals surface area contributed by atoms with E-state index >= 15 is 0 Å². The highest BCUT2D eigenvalue weighted by atomic mass is 32.1. The van der Waals surface area contributed by atoms with Gasteiger partial charge in [0.2, 0.25) is 11.8 Å². The zero-order valence-electron chi connectivity index (χ0n) is 14.4. The number of benzene rings is 2. The normalized spacial score (nSPS) is 10.7. The molecule has 0 saturated carbocycles. The van der Waals surface area contributed by atoms with Gasteiger partial charge in [-0.3, -0.25) is 4.79 Å². The molecule has 128 valence electrons. The van der Waals surface area contributed by atoms with E-state index in [9.17, 15) is 4.79 Å². The number of carbonyl (C=O) groups is 1. The summed E-state index contributed by atoms with van der Waals surface area (Å²) in [5, 5.41) is 7.21. The van der Waals surface area contributed by atoms with Crippen LogP contribution in [0.1, 0.15) is 16.7 Å². The second-order valence-corrected chi connectivity index (χ2v) is 6.41. The van der Waals surface area contributed by atoms with Crippen LogP contribution in [0, 0.1) is 25.6 Å². The van der Waals surface area contributed by atoms with Crippen molar-refractivity contribution in [3.05, 3.63) is 64.0 Å². The van der Waals surface area contributed by atoms with Gasteiger partial charge in [0.05, 0.1) is 0 Å². The molecule has 25 heavy (non-hydrogen) atoms. The molecule has 6 heteroatoms. The molecule has 1 N–H and O–H groups in total. The molecule has 0 atom stereocenters. The first-order valence-corrected chi connectivity index (χ1v) is 8.35. The lowest BCUT2D eigenvalue weighted by molar-refractivity contribution is -0.117. The zero-order valence-corrected chi connectivity index (χ0v) is 15.2. The number of aromatic nitrogens is 2. The van der Waals surface area contributed by atoms with Crippen molar-refractivity contribution >= 4 is 23.8 Å². The molecule has 0 aliphatic rings. The summed E-state index contributed by atoms with van der Waals surface area (Å²) in [5.74, 6) is 0.207. The van der Waals surface area contributed by atoms with Crippen molar-refractivity contribution in [3.63, 3.8) is 0 Å². The molecule has 0 bridgehead atoms. The third-order valence-corrected chi connectivity index (χ3v) is 4.16. The molecule has 0 spiro atoms. The minimum absolute atomic E-state index is 0.00156. The lowest BCUT2D eigenvalue weighted by Crippen LogP contribution is -2.20. The molecule has 1 amide bonds. The van der Waals surface area contributed by atoms with Gasteiger partial charge in [0, 0.05) is 11.3 Å². The average molecular weight is 353 g/mol. The standard InChI is InChI=1S/C19H19N3O2S/c1-12-5-8-15(9-6-12)18-21-22(19(25)24-18)11-17(23)20-16-10-13(2)4-7-14(16)3/h4-10H,11H2,1-3H3,(H,20,23). The summed E-state index contributed by atoms with van der Waals surface area (Å²) >= 11 is 5.18. The van der Waals surface area contributed by atoms with Crippen LogP contribution in [0.25, 0.3) is 11.5 Å². The fraction of sp³-hybridized carbons (Fsp3) is 0.211. The maximum Gasteiger partial charge on any atom is 0.287 e. The Morgan fingerprint density at radius 2 is 1.80 bits per heavy atom. The predicted molar refractivity (Wildman–Crippen MR) is 100 cm³/mol. The highest BCUT2D eigenvalue weighted by molar-refractivity contribution is 7.71. The van der Waals surface area contributed by atoms with Crippen LogP contribution in [0.15, 0.2) is 46.9 Å². The van der Waals surface area contributed by atoms with E-state index in [1.165, 1.54) is 4.68 Å². The van der Waals surface area contributed by atoms with Crippen molar-refractivity contribution in [2.24, 2.45) is 0 Å². The number of carbonyl (C=O) groups excluding carboxylic acids is 1. The number of anilines is 1. The average Bonchev–Trinajstić information content (AvgIpc) is 2.92. The Hall–Kier alpha value is -2.73. The summed E-state index contributed by atoms with van der Waals surface area (Å²) in [5.41, 5.74) is 4.85. The number of hydrogen-bond acceptors (Lipinski definition) is 4. The van der Waals surface area contributed by atoms with Crippen LogP contribution in [-0.2, 0) is 11.3 Å². The van der Waals surface area contributed by atoms with Gasteiger partial charge in [0.15, 0.2) is 0 Å². The van der Waals surface area contributed by atoms with Gasteiger partial charge in [-0.1, -0.05) is 29.8 Å². The van der Waals surface area contributed by atoms with Crippen molar-refractivity contribution in [1.29, 1.82) is 0 Å². The van der Waals surface area contributed by atoms with Crippen molar-refractivity contribution in [2.45, 2.75) is 27.3 Å². The second kappa shape index (κ2) is 7.03. The number of hydrogen-bond donors (Lipinski definition) is 1. The fourth-order valence-electron chi connectivity index (χ4n) is 2.42. The smallest absolute Gasteiger partial charge is 0.287 e. The van der Waals surface area contributed by atoms with Crippen LogP contribution in [0.4, 0.5) is 5.69 Å². The molecule has 3 aromatic rings. The molecule has 1 heterocycles. The number of nitrogens with one attached hydrogen (secondary N) is 1. The van der Waals surface area contributed by atoms with E-state index in [0.717, 1.165) is 27.9 Å². The molecule has 0 aliphatic heterocycles. The Labute approximate surface area is 151 Å². The maximum absolute atomic E-state index is 12.3. The molecule has 5 nitrogen and oxygen atoms in total. The third-order valence-electron chi connectivity index (χ3n) is 3.87. The molecule has 0 radical (unpaired) electrons. The van der Waals surface area contributed by atoms with Gasteiger partial charge in [0.25, 0.3) is 4.84 Å². The van der Waals surface area contributed by atoms with E-state index in [-0.39, 0.29) is 17.3 Å². The lowest BCUT2D eigenvalue weighted by Gasteiger charge is -2.09. The van der Waals surface area contributed by atoms with Gasteiger partial charge in [-0.05, 0) is 62.3 Å². The number of amides is 1. The van der Waals surface area contributed by atoms with Crippen LogP contribution in [0.5, 0.6) is 0 Å². The molecule has 0 fully saturated rings. The summed E-state index contributed by atoms with van der Waals surface area (Å²) in [7, 11) is 0. The molecule has 3 rings (SSSR count). The summed E-state index contributed by atoms with van der Waals surface area (Å²) < 4.78 is 6.92. The molecule has 0 saturated heterocycles. The molecule has 0 aliphatic carbocycles. The quantitative estimate of drug-likeness (QED) is 0.705. The summed E-state index contributed by atoms with van der Waals surface area (Å²) in [6.45, 7) is 5.94. The first kappa shape index (κ1) is 17.1. The van der Waals surface area contributed by atoms with Gasteiger partial charge < -0.3 is 9.73 Å². The summed E-state index contributed by atoms with van der Waals surface area (Å²) in [6, 6.07) is 13.7. The van der Waals surface area contributed by atoms with Crippen molar-refractivity contribution in [2.75, 3.05) is 5.32 Å². The highest BCUT2D eigenvalue weighted by Crippen LogP contribution is 2.19. The van der Waals surface area contributed by atoms with Gasteiger partial charge in [-0.2, -0.15) is 0 Å². The molecule has 2 aromatic carbocycles. The van der Waals surface area contributed by atoms with E-state index in [4.69, 9.17) is 16.6 Å². The van der Waals surface area contributed by atoms with Crippen molar-refractivity contribution < 1.29 is 9.21 Å². The van der Waals surface area contributed by atoms with E-state index in [0.29, 0.717) is 5.89 Å².